The average Bonchev–Trinajstić information content (AvgIpc) is 2.48. The van der Waals surface area contributed by atoms with Crippen LogP contribution in [0.5, 0.6) is 0 Å². The van der Waals surface area contributed by atoms with Crippen LogP contribution < -0.4 is 15.5 Å². The second-order valence-corrected chi connectivity index (χ2v) is 4.57. The van der Waals surface area contributed by atoms with Gasteiger partial charge in [0.25, 0.3) is 0 Å². The predicted molar refractivity (Wildman–Crippen MR) is 84.6 cm³/mol. The minimum atomic E-state index is -0.311. The van der Waals surface area contributed by atoms with Crippen LogP contribution in [-0.2, 0) is 4.79 Å². The third kappa shape index (κ3) is 4.07. The molecule has 3 amide bonds. The summed E-state index contributed by atoms with van der Waals surface area (Å²) in [6.07, 6.45) is 0. The summed E-state index contributed by atoms with van der Waals surface area (Å²) in [6, 6.07) is 15.9. The summed E-state index contributed by atoms with van der Waals surface area (Å²) in [7, 11) is 1.70. The van der Waals surface area contributed by atoms with E-state index in [0.717, 1.165) is 11.4 Å². The van der Waals surface area contributed by atoms with Crippen LogP contribution in [0.1, 0.15) is 6.92 Å². The van der Waals surface area contributed by atoms with Crippen molar-refractivity contribution < 1.29 is 9.59 Å². The Hall–Kier alpha value is -2.82. The summed E-state index contributed by atoms with van der Waals surface area (Å²) in [5.41, 5.74) is 2.16. The van der Waals surface area contributed by atoms with Crippen LogP contribution in [0.4, 0.5) is 21.9 Å². The molecule has 0 saturated heterocycles. The molecule has 0 bridgehead atoms. The van der Waals surface area contributed by atoms with Gasteiger partial charge in [-0.1, -0.05) is 18.2 Å². The first-order chi connectivity index (χ1) is 10.1. The lowest BCUT2D eigenvalue weighted by atomic mass is 10.2. The molecule has 0 radical (unpaired) electrons. The van der Waals surface area contributed by atoms with Gasteiger partial charge in [-0.05, 0) is 36.4 Å². The highest BCUT2D eigenvalue weighted by Crippen LogP contribution is 2.17. The highest BCUT2D eigenvalue weighted by molar-refractivity contribution is 6.00. The normalized spacial score (nSPS) is 9.81. The van der Waals surface area contributed by atoms with E-state index in [1.54, 1.807) is 31.3 Å². The molecule has 108 valence electrons. The van der Waals surface area contributed by atoms with Crippen LogP contribution in [0, 0.1) is 0 Å². The van der Waals surface area contributed by atoms with Gasteiger partial charge in [0, 0.05) is 31.0 Å². The van der Waals surface area contributed by atoms with Crippen molar-refractivity contribution >= 4 is 29.0 Å². The van der Waals surface area contributed by atoms with Crippen molar-refractivity contribution in [2.45, 2.75) is 6.92 Å². The summed E-state index contributed by atoms with van der Waals surface area (Å²) in [5, 5.41) is 5.46. The van der Waals surface area contributed by atoms with Gasteiger partial charge >= 0.3 is 6.03 Å². The zero-order valence-corrected chi connectivity index (χ0v) is 12.0. The molecule has 2 aromatic rings. The first kappa shape index (κ1) is 14.6. The fraction of sp³-hybridized carbons (Fsp3) is 0.125. The van der Waals surface area contributed by atoms with Crippen molar-refractivity contribution in [1.82, 2.24) is 0 Å². The number of amides is 3. The summed E-state index contributed by atoms with van der Waals surface area (Å²) in [5.74, 6) is -0.0440. The fourth-order valence-electron chi connectivity index (χ4n) is 1.77. The Morgan fingerprint density at radius 1 is 0.857 bits per heavy atom. The Morgan fingerprint density at radius 2 is 1.38 bits per heavy atom. The van der Waals surface area contributed by atoms with E-state index in [0.29, 0.717) is 5.69 Å². The maximum absolute atomic E-state index is 11.8. The molecule has 0 unspecified atom stereocenters. The third-order valence-corrected chi connectivity index (χ3v) is 3.02. The number of nitrogens with zero attached hydrogens (tertiary/aromatic N) is 1. The Bertz CT molecular complexity index is 624. The number of hydrogen-bond acceptors (Lipinski definition) is 2. The maximum Gasteiger partial charge on any atom is 0.323 e. The Morgan fingerprint density at radius 3 is 1.90 bits per heavy atom. The SMILES string of the molecule is CC(=O)N(C)c1ccc(NC(=O)Nc2ccccc2)cc1. The molecular formula is C16H17N3O2. The van der Waals surface area contributed by atoms with Gasteiger partial charge in [-0.25, -0.2) is 4.79 Å². The van der Waals surface area contributed by atoms with Gasteiger partial charge in [0.15, 0.2) is 0 Å². The first-order valence-electron chi connectivity index (χ1n) is 6.53. The maximum atomic E-state index is 11.8. The van der Waals surface area contributed by atoms with Crippen molar-refractivity contribution in [2.75, 3.05) is 22.6 Å². The minimum Gasteiger partial charge on any atom is -0.316 e. The van der Waals surface area contributed by atoms with Crippen LogP contribution in [-0.4, -0.2) is 19.0 Å². The molecule has 21 heavy (non-hydrogen) atoms. The summed E-state index contributed by atoms with van der Waals surface area (Å²) in [4.78, 5) is 24.6. The molecule has 0 spiro atoms. The van der Waals surface area contributed by atoms with E-state index >= 15 is 0 Å². The molecule has 5 nitrogen and oxygen atoms in total. The highest BCUT2D eigenvalue weighted by atomic mass is 16.2. The van der Waals surface area contributed by atoms with Crippen LogP contribution in [0.2, 0.25) is 0 Å². The number of rotatable bonds is 3. The van der Waals surface area contributed by atoms with E-state index in [-0.39, 0.29) is 11.9 Å². The average molecular weight is 283 g/mol. The summed E-state index contributed by atoms with van der Waals surface area (Å²) in [6.45, 7) is 1.50. The molecule has 0 aliphatic heterocycles. The van der Waals surface area contributed by atoms with Crippen LogP contribution >= 0.6 is 0 Å². The molecule has 0 saturated carbocycles. The zero-order chi connectivity index (χ0) is 15.2. The van der Waals surface area contributed by atoms with E-state index in [2.05, 4.69) is 10.6 Å². The van der Waals surface area contributed by atoms with Gasteiger partial charge in [-0.2, -0.15) is 0 Å². The monoisotopic (exact) mass is 283 g/mol. The minimum absolute atomic E-state index is 0.0440. The van der Waals surface area contributed by atoms with E-state index in [4.69, 9.17) is 0 Å². The predicted octanol–water partition coefficient (Wildman–Crippen LogP) is 3.31. The number of anilines is 3. The highest BCUT2D eigenvalue weighted by Gasteiger charge is 2.06. The molecule has 0 atom stereocenters. The van der Waals surface area contributed by atoms with E-state index in [1.807, 2.05) is 30.3 Å². The largest absolute Gasteiger partial charge is 0.323 e. The Labute approximate surface area is 123 Å². The molecule has 0 aromatic heterocycles. The van der Waals surface area contributed by atoms with Crippen molar-refractivity contribution in [1.29, 1.82) is 0 Å². The van der Waals surface area contributed by atoms with Crippen molar-refractivity contribution in [3.8, 4) is 0 Å². The smallest absolute Gasteiger partial charge is 0.316 e. The molecule has 0 aliphatic carbocycles. The molecule has 2 rings (SSSR count). The lowest BCUT2D eigenvalue weighted by Gasteiger charge is -2.15. The van der Waals surface area contributed by atoms with Crippen LogP contribution in [0.15, 0.2) is 54.6 Å². The number of para-hydroxylation sites is 1. The molecule has 0 heterocycles. The summed E-state index contributed by atoms with van der Waals surface area (Å²) >= 11 is 0. The number of nitrogens with one attached hydrogen (secondary N) is 2. The molecule has 5 heteroatoms. The first-order valence-corrected chi connectivity index (χ1v) is 6.53. The number of carbonyl (C=O) groups excluding carboxylic acids is 2. The topological polar surface area (TPSA) is 61.4 Å². The van der Waals surface area contributed by atoms with Gasteiger partial charge in [0.2, 0.25) is 5.91 Å². The summed E-state index contributed by atoms with van der Waals surface area (Å²) < 4.78 is 0. The van der Waals surface area contributed by atoms with Gasteiger partial charge in [-0.15, -0.1) is 0 Å². The zero-order valence-electron chi connectivity index (χ0n) is 12.0. The Kier molecular flexibility index (Phi) is 4.56. The van der Waals surface area contributed by atoms with E-state index < -0.39 is 0 Å². The van der Waals surface area contributed by atoms with Crippen LogP contribution in [0.3, 0.4) is 0 Å². The van der Waals surface area contributed by atoms with Gasteiger partial charge in [0.1, 0.15) is 0 Å². The Balaban J connectivity index is 1.97. The number of urea groups is 1. The molecule has 2 N–H and O–H groups in total. The second kappa shape index (κ2) is 6.56. The van der Waals surface area contributed by atoms with Gasteiger partial charge in [-0.3, -0.25) is 4.79 Å². The molecule has 0 aliphatic rings. The lowest BCUT2D eigenvalue weighted by molar-refractivity contribution is -0.116. The lowest BCUT2D eigenvalue weighted by Crippen LogP contribution is -2.23. The quantitative estimate of drug-likeness (QED) is 0.907. The van der Waals surface area contributed by atoms with E-state index in [1.165, 1.54) is 11.8 Å². The van der Waals surface area contributed by atoms with Gasteiger partial charge in [0.05, 0.1) is 0 Å². The third-order valence-electron chi connectivity index (χ3n) is 3.02. The van der Waals surface area contributed by atoms with Crippen molar-refractivity contribution in [2.24, 2.45) is 0 Å². The van der Waals surface area contributed by atoms with Crippen molar-refractivity contribution in [3.63, 3.8) is 0 Å². The van der Waals surface area contributed by atoms with Crippen molar-refractivity contribution in [3.05, 3.63) is 54.6 Å². The molecular weight excluding hydrogens is 266 g/mol. The van der Waals surface area contributed by atoms with Crippen LogP contribution in [0.25, 0.3) is 0 Å². The standard InChI is InChI=1S/C16H17N3O2/c1-12(20)19(2)15-10-8-14(9-11-15)18-16(21)17-13-6-4-3-5-7-13/h3-11H,1-2H3,(H2,17,18,21). The molecule has 0 fully saturated rings. The fourth-order valence-corrected chi connectivity index (χ4v) is 1.77. The number of carbonyl (C=O) groups is 2. The number of benzene rings is 2. The van der Waals surface area contributed by atoms with Gasteiger partial charge < -0.3 is 15.5 Å². The second-order valence-electron chi connectivity index (χ2n) is 4.57. The molecule has 2 aromatic carbocycles. The number of hydrogen-bond donors (Lipinski definition) is 2. The van der Waals surface area contributed by atoms with E-state index in [9.17, 15) is 9.59 Å².